The van der Waals surface area contributed by atoms with Crippen molar-refractivity contribution in [3.05, 3.63) is 72.3 Å². The second-order valence-electron chi connectivity index (χ2n) is 8.60. The molecule has 144 valence electrons. The standard InChI is InChI=1S/C25H34OSi/c1-20(2)12-11-13-22(4)25-18-21(3)19-27(26-25,23-14-7-5-8-15-23)24-16-9-6-10-17-24/h5-10,12,14-17,21-22,25H,11,13,18-19H2,1-4H3/t21-,22?,25+/m1/s1. The molecule has 2 aromatic rings. The minimum Gasteiger partial charge on any atom is -0.405 e. The van der Waals surface area contributed by atoms with E-state index in [0.29, 0.717) is 17.9 Å². The van der Waals surface area contributed by atoms with E-state index in [1.807, 2.05) is 0 Å². The van der Waals surface area contributed by atoms with Crippen molar-refractivity contribution in [1.29, 1.82) is 0 Å². The van der Waals surface area contributed by atoms with Crippen LogP contribution in [0.5, 0.6) is 0 Å². The number of allylic oxidation sites excluding steroid dienone is 2. The lowest BCUT2D eigenvalue weighted by Crippen LogP contribution is -2.65. The molecule has 27 heavy (non-hydrogen) atoms. The summed E-state index contributed by atoms with van der Waals surface area (Å²) in [5.41, 5.74) is 1.41. The molecule has 3 atom stereocenters. The maximum atomic E-state index is 7.15. The third-order valence-electron chi connectivity index (χ3n) is 5.91. The number of hydrogen-bond donors (Lipinski definition) is 0. The van der Waals surface area contributed by atoms with Crippen molar-refractivity contribution >= 4 is 18.7 Å². The highest BCUT2D eigenvalue weighted by Crippen LogP contribution is 2.35. The molecule has 0 saturated carbocycles. The first-order valence-corrected chi connectivity index (χ1v) is 12.5. The third-order valence-corrected chi connectivity index (χ3v) is 10.4. The van der Waals surface area contributed by atoms with E-state index in [2.05, 4.69) is 94.4 Å². The Balaban J connectivity index is 1.92. The Labute approximate surface area is 166 Å². The molecule has 0 aliphatic carbocycles. The minimum absolute atomic E-state index is 0.353. The summed E-state index contributed by atoms with van der Waals surface area (Å²) >= 11 is 0. The average Bonchev–Trinajstić information content (AvgIpc) is 2.68. The Morgan fingerprint density at radius 3 is 2.11 bits per heavy atom. The van der Waals surface area contributed by atoms with Crippen LogP contribution in [0.2, 0.25) is 6.04 Å². The molecular weight excluding hydrogens is 344 g/mol. The molecule has 1 nitrogen and oxygen atoms in total. The molecule has 0 N–H and O–H groups in total. The summed E-state index contributed by atoms with van der Waals surface area (Å²) in [6, 6.07) is 23.3. The molecule has 2 heteroatoms. The summed E-state index contributed by atoms with van der Waals surface area (Å²) in [7, 11) is -2.20. The van der Waals surface area contributed by atoms with E-state index in [1.165, 1.54) is 34.8 Å². The zero-order valence-electron chi connectivity index (χ0n) is 17.3. The molecule has 2 aromatic carbocycles. The van der Waals surface area contributed by atoms with Crippen molar-refractivity contribution in [3.8, 4) is 0 Å². The summed E-state index contributed by atoms with van der Waals surface area (Å²) in [5.74, 6) is 1.28. The molecule has 1 fully saturated rings. The molecule has 0 radical (unpaired) electrons. The fourth-order valence-electron chi connectivity index (χ4n) is 4.45. The van der Waals surface area contributed by atoms with Crippen LogP contribution in [0.25, 0.3) is 0 Å². The Bertz CT molecular complexity index is 694. The van der Waals surface area contributed by atoms with Gasteiger partial charge in [-0.25, -0.2) is 0 Å². The molecule has 0 aromatic heterocycles. The third kappa shape index (κ3) is 4.80. The van der Waals surface area contributed by atoms with Gasteiger partial charge in [0.2, 0.25) is 0 Å². The normalized spacial score (nSPS) is 22.8. The minimum atomic E-state index is -2.20. The summed E-state index contributed by atoms with van der Waals surface area (Å²) in [6.45, 7) is 9.18. The van der Waals surface area contributed by atoms with Gasteiger partial charge in [-0.2, -0.15) is 0 Å². The van der Waals surface area contributed by atoms with Crippen LogP contribution in [0.3, 0.4) is 0 Å². The van der Waals surface area contributed by atoms with Gasteiger partial charge in [0.25, 0.3) is 8.32 Å². The van der Waals surface area contributed by atoms with Gasteiger partial charge >= 0.3 is 0 Å². The van der Waals surface area contributed by atoms with E-state index in [9.17, 15) is 0 Å². The van der Waals surface area contributed by atoms with E-state index in [1.54, 1.807) is 0 Å². The van der Waals surface area contributed by atoms with Gasteiger partial charge < -0.3 is 4.43 Å². The molecule has 1 unspecified atom stereocenters. The van der Waals surface area contributed by atoms with E-state index >= 15 is 0 Å². The van der Waals surface area contributed by atoms with E-state index in [-0.39, 0.29) is 0 Å². The van der Waals surface area contributed by atoms with Crippen molar-refractivity contribution in [1.82, 2.24) is 0 Å². The molecule has 1 heterocycles. The van der Waals surface area contributed by atoms with Crippen molar-refractivity contribution in [3.63, 3.8) is 0 Å². The second-order valence-corrected chi connectivity index (χ2v) is 12.0. The molecular formula is C25H34OSi. The lowest BCUT2D eigenvalue weighted by molar-refractivity contribution is 0.0898. The predicted octanol–water partition coefficient (Wildman–Crippen LogP) is 5.55. The first-order chi connectivity index (χ1) is 13.0. The van der Waals surface area contributed by atoms with Crippen molar-refractivity contribution in [2.24, 2.45) is 11.8 Å². The summed E-state index contributed by atoms with van der Waals surface area (Å²) in [5, 5.41) is 2.84. The van der Waals surface area contributed by atoms with Gasteiger partial charge in [-0.1, -0.05) is 86.2 Å². The lowest BCUT2D eigenvalue weighted by Gasteiger charge is -2.45. The largest absolute Gasteiger partial charge is 0.405 e. The zero-order valence-corrected chi connectivity index (χ0v) is 18.3. The van der Waals surface area contributed by atoms with Gasteiger partial charge in [0.15, 0.2) is 0 Å². The van der Waals surface area contributed by atoms with Crippen LogP contribution in [0, 0.1) is 11.8 Å². The van der Waals surface area contributed by atoms with Crippen LogP contribution in [-0.4, -0.2) is 14.4 Å². The van der Waals surface area contributed by atoms with E-state index in [0.717, 1.165) is 6.42 Å². The van der Waals surface area contributed by atoms with Crippen molar-refractivity contribution < 1.29 is 4.43 Å². The summed E-state index contributed by atoms with van der Waals surface area (Å²) in [4.78, 5) is 0. The number of benzene rings is 2. The molecule has 3 rings (SSSR count). The van der Waals surface area contributed by atoms with Gasteiger partial charge in [0.05, 0.1) is 0 Å². The van der Waals surface area contributed by atoms with Crippen molar-refractivity contribution in [2.75, 3.05) is 0 Å². The zero-order chi connectivity index (χ0) is 19.3. The molecule has 1 aliphatic heterocycles. The Morgan fingerprint density at radius 2 is 1.59 bits per heavy atom. The molecule has 0 amide bonds. The smallest absolute Gasteiger partial charge is 0.256 e. The lowest BCUT2D eigenvalue weighted by atomic mass is 9.92. The highest BCUT2D eigenvalue weighted by atomic mass is 28.4. The van der Waals surface area contributed by atoms with Crippen LogP contribution >= 0.6 is 0 Å². The SMILES string of the molecule is CC(C)=CCCC(C)[C@@H]1C[C@@H](C)C[Si](c2ccccc2)(c2ccccc2)O1. The molecule has 0 bridgehead atoms. The summed E-state index contributed by atoms with van der Waals surface area (Å²) in [6.07, 6.45) is 6.26. The maximum absolute atomic E-state index is 7.15. The fraction of sp³-hybridized carbons (Fsp3) is 0.440. The Hall–Kier alpha value is -1.64. The Morgan fingerprint density at radius 1 is 1.04 bits per heavy atom. The van der Waals surface area contributed by atoms with Gasteiger partial charge in [0, 0.05) is 6.10 Å². The van der Waals surface area contributed by atoms with Gasteiger partial charge in [0.1, 0.15) is 0 Å². The quantitative estimate of drug-likeness (QED) is 0.473. The second kappa shape index (κ2) is 9.03. The van der Waals surface area contributed by atoms with E-state index in [4.69, 9.17) is 4.43 Å². The highest BCUT2D eigenvalue weighted by molar-refractivity contribution is 6.97. The van der Waals surface area contributed by atoms with Gasteiger partial charge in [-0.05, 0) is 61.4 Å². The van der Waals surface area contributed by atoms with Crippen molar-refractivity contribution in [2.45, 2.75) is 59.1 Å². The van der Waals surface area contributed by atoms with Crippen LogP contribution in [0.4, 0.5) is 0 Å². The Kier molecular flexibility index (Phi) is 6.72. The number of rotatable bonds is 6. The first-order valence-electron chi connectivity index (χ1n) is 10.4. The molecule has 0 spiro atoms. The van der Waals surface area contributed by atoms with Crippen LogP contribution in [-0.2, 0) is 4.43 Å². The average molecular weight is 379 g/mol. The fourth-order valence-corrected chi connectivity index (χ4v) is 9.08. The monoisotopic (exact) mass is 378 g/mol. The summed E-state index contributed by atoms with van der Waals surface area (Å²) < 4.78 is 7.15. The maximum Gasteiger partial charge on any atom is 0.256 e. The topological polar surface area (TPSA) is 9.23 Å². The first kappa shape index (κ1) is 20.1. The van der Waals surface area contributed by atoms with E-state index < -0.39 is 8.32 Å². The van der Waals surface area contributed by atoms with Crippen LogP contribution in [0.15, 0.2) is 72.3 Å². The van der Waals surface area contributed by atoms with Crippen LogP contribution in [0.1, 0.15) is 47.0 Å². The molecule has 1 saturated heterocycles. The highest BCUT2D eigenvalue weighted by Gasteiger charge is 2.47. The molecule has 1 aliphatic rings. The van der Waals surface area contributed by atoms with Crippen LogP contribution < -0.4 is 10.4 Å². The predicted molar refractivity (Wildman–Crippen MR) is 119 cm³/mol. The van der Waals surface area contributed by atoms with Gasteiger partial charge in [-0.3, -0.25) is 0 Å². The van der Waals surface area contributed by atoms with Gasteiger partial charge in [-0.15, -0.1) is 0 Å². The number of hydrogen-bond acceptors (Lipinski definition) is 1.